The monoisotopic (exact) mass is 382 g/mol. The van der Waals surface area contributed by atoms with Crippen LogP contribution in [0, 0.1) is 0 Å². The molecule has 0 aliphatic carbocycles. The van der Waals surface area contributed by atoms with Gasteiger partial charge >= 0.3 is 0 Å². The zero-order valence-electron chi connectivity index (χ0n) is 14.8. The fourth-order valence-corrected chi connectivity index (χ4v) is 3.83. The predicted molar refractivity (Wildman–Crippen MR) is 114 cm³/mol. The minimum Gasteiger partial charge on any atom is -0.321 e. The second-order valence-corrected chi connectivity index (χ2v) is 7.11. The van der Waals surface area contributed by atoms with Gasteiger partial charge in [-0.3, -0.25) is 9.78 Å². The van der Waals surface area contributed by atoms with Gasteiger partial charge in [0.1, 0.15) is 0 Å². The Hall–Kier alpha value is -3.43. The van der Waals surface area contributed by atoms with Crippen molar-refractivity contribution < 1.29 is 4.79 Å². The number of hydrogen-bond donors (Lipinski definition) is 1. The number of pyridine rings is 1. The fourth-order valence-electron chi connectivity index (χ4n) is 3.66. The van der Waals surface area contributed by atoms with E-state index in [4.69, 9.17) is 11.6 Å². The molecule has 4 heteroatoms. The van der Waals surface area contributed by atoms with Gasteiger partial charge in [-0.05, 0) is 35.9 Å². The van der Waals surface area contributed by atoms with E-state index in [1.807, 2.05) is 72.9 Å². The molecule has 4 aromatic rings. The highest BCUT2D eigenvalue weighted by molar-refractivity contribution is 6.39. The van der Waals surface area contributed by atoms with Gasteiger partial charge in [0.25, 0.3) is 5.91 Å². The van der Waals surface area contributed by atoms with E-state index < -0.39 is 0 Å². The fraction of sp³-hybridized carbons (Fsp3) is 0. The van der Waals surface area contributed by atoms with Crippen LogP contribution in [-0.4, -0.2) is 10.9 Å². The average molecular weight is 383 g/mol. The highest BCUT2D eigenvalue weighted by Crippen LogP contribution is 2.41. The third-order valence-electron chi connectivity index (χ3n) is 4.92. The van der Waals surface area contributed by atoms with Crippen LogP contribution in [0.1, 0.15) is 16.7 Å². The van der Waals surface area contributed by atoms with Crippen LogP contribution in [0.25, 0.3) is 22.0 Å². The van der Waals surface area contributed by atoms with E-state index in [1.165, 1.54) is 0 Å². The van der Waals surface area contributed by atoms with Crippen molar-refractivity contribution in [1.29, 1.82) is 0 Å². The number of hydrogen-bond acceptors (Lipinski definition) is 2. The molecule has 0 saturated carbocycles. The van der Waals surface area contributed by atoms with Crippen molar-refractivity contribution in [2.75, 3.05) is 5.32 Å². The molecule has 0 saturated heterocycles. The Labute approximate surface area is 167 Å². The minimum atomic E-state index is -0.135. The number of carbonyl (C=O) groups excluding carboxylic acids is 1. The number of rotatable bonds is 2. The number of benzene rings is 3. The van der Waals surface area contributed by atoms with Crippen LogP contribution >= 0.6 is 11.6 Å². The standard InChI is InChI=1S/C24H15ClN2O/c25-18-10-11-21-19(13-18)23(24(28)27-21)22(15-6-2-1-3-7-15)17-12-16-8-4-5-9-20(16)26-14-17/h1-14H,(H,27,28)/b23-22+. The van der Waals surface area contributed by atoms with Crippen molar-refractivity contribution in [3.05, 3.63) is 107 Å². The molecule has 1 aromatic heterocycles. The Balaban J connectivity index is 1.84. The van der Waals surface area contributed by atoms with Gasteiger partial charge in [0.2, 0.25) is 0 Å². The quantitative estimate of drug-likeness (QED) is 0.445. The minimum absolute atomic E-state index is 0.135. The van der Waals surface area contributed by atoms with Gasteiger partial charge in [0.15, 0.2) is 0 Å². The summed E-state index contributed by atoms with van der Waals surface area (Å²) in [6, 6.07) is 25.4. The van der Waals surface area contributed by atoms with E-state index in [0.29, 0.717) is 10.6 Å². The van der Waals surface area contributed by atoms with E-state index >= 15 is 0 Å². The molecule has 1 aliphatic rings. The van der Waals surface area contributed by atoms with Crippen LogP contribution < -0.4 is 5.32 Å². The third-order valence-corrected chi connectivity index (χ3v) is 5.15. The lowest BCUT2D eigenvalue weighted by Crippen LogP contribution is -2.06. The lowest BCUT2D eigenvalue weighted by molar-refractivity contribution is -0.110. The number of anilines is 1. The van der Waals surface area contributed by atoms with Crippen molar-refractivity contribution >= 4 is 45.2 Å². The van der Waals surface area contributed by atoms with Crippen molar-refractivity contribution in [2.45, 2.75) is 0 Å². The maximum atomic E-state index is 13.0. The van der Waals surface area contributed by atoms with Crippen molar-refractivity contribution in [1.82, 2.24) is 4.98 Å². The molecule has 0 atom stereocenters. The summed E-state index contributed by atoms with van der Waals surface area (Å²) in [5, 5.41) is 4.58. The first-order valence-corrected chi connectivity index (χ1v) is 9.34. The lowest BCUT2D eigenvalue weighted by atomic mass is 9.90. The SMILES string of the molecule is O=C1Nc2ccc(Cl)cc2/C1=C(/c1ccccc1)c1cnc2ccccc2c1. The molecule has 28 heavy (non-hydrogen) atoms. The average Bonchev–Trinajstić information content (AvgIpc) is 3.04. The summed E-state index contributed by atoms with van der Waals surface area (Å²) in [7, 11) is 0. The van der Waals surface area contributed by atoms with Gasteiger partial charge in [-0.1, -0.05) is 60.1 Å². The Morgan fingerprint density at radius 3 is 2.50 bits per heavy atom. The van der Waals surface area contributed by atoms with Crippen molar-refractivity contribution in [3.8, 4) is 0 Å². The van der Waals surface area contributed by atoms with Crippen LogP contribution in [0.5, 0.6) is 0 Å². The summed E-state index contributed by atoms with van der Waals surface area (Å²) < 4.78 is 0. The van der Waals surface area contributed by atoms with E-state index in [-0.39, 0.29) is 5.91 Å². The summed E-state index contributed by atoms with van der Waals surface area (Å²) in [6.45, 7) is 0. The van der Waals surface area contributed by atoms with E-state index in [0.717, 1.165) is 38.9 Å². The maximum Gasteiger partial charge on any atom is 0.257 e. The van der Waals surface area contributed by atoms with Crippen LogP contribution in [0.3, 0.4) is 0 Å². The molecule has 1 N–H and O–H groups in total. The van der Waals surface area contributed by atoms with E-state index in [1.54, 1.807) is 6.07 Å². The topological polar surface area (TPSA) is 42.0 Å². The number of para-hydroxylation sites is 1. The smallest absolute Gasteiger partial charge is 0.257 e. The van der Waals surface area contributed by atoms with E-state index in [9.17, 15) is 4.79 Å². The first-order valence-electron chi connectivity index (χ1n) is 8.97. The third kappa shape index (κ3) is 2.77. The van der Waals surface area contributed by atoms with Crippen LogP contribution in [0.2, 0.25) is 5.02 Å². The molecule has 0 radical (unpaired) electrons. The Bertz CT molecular complexity index is 1260. The molecular formula is C24H15ClN2O. The number of nitrogens with one attached hydrogen (secondary N) is 1. The predicted octanol–water partition coefficient (Wildman–Crippen LogP) is 5.80. The molecule has 0 spiro atoms. The molecular weight excluding hydrogens is 368 g/mol. The number of fused-ring (bicyclic) bond motifs is 2. The molecule has 1 aliphatic heterocycles. The van der Waals surface area contributed by atoms with Crippen LogP contribution in [0.4, 0.5) is 5.69 Å². The Morgan fingerprint density at radius 2 is 1.64 bits per heavy atom. The van der Waals surface area contributed by atoms with Gasteiger partial charge in [0.05, 0.1) is 11.1 Å². The summed E-state index contributed by atoms with van der Waals surface area (Å²) in [5.41, 5.74) is 5.80. The number of aromatic nitrogens is 1. The van der Waals surface area contributed by atoms with Crippen LogP contribution in [0.15, 0.2) is 85.1 Å². The molecule has 2 heterocycles. The van der Waals surface area contributed by atoms with Gasteiger partial charge in [-0.2, -0.15) is 0 Å². The number of halogens is 1. The first kappa shape index (κ1) is 16.7. The molecule has 0 fully saturated rings. The summed E-state index contributed by atoms with van der Waals surface area (Å²) in [6.07, 6.45) is 1.83. The highest BCUT2D eigenvalue weighted by Gasteiger charge is 2.29. The lowest BCUT2D eigenvalue weighted by Gasteiger charge is -2.13. The van der Waals surface area contributed by atoms with Gasteiger partial charge in [0, 0.05) is 39.0 Å². The summed E-state index contributed by atoms with van der Waals surface area (Å²) in [4.78, 5) is 17.6. The van der Waals surface area contributed by atoms with Gasteiger partial charge in [-0.25, -0.2) is 0 Å². The molecule has 0 bridgehead atoms. The number of nitrogens with zero attached hydrogens (tertiary/aromatic N) is 1. The number of carbonyl (C=O) groups is 1. The Kier molecular flexibility index (Phi) is 3.96. The first-order chi connectivity index (χ1) is 13.7. The van der Waals surface area contributed by atoms with Crippen molar-refractivity contribution in [3.63, 3.8) is 0 Å². The molecule has 3 nitrogen and oxygen atoms in total. The molecule has 134 valence electrons. The molecule has 1 amide bonds. The van der Waals surface area contributed by atoms with Crippen LogP contribution in [-0.2, 0) is 4.79 Å². The zero-order valence-corrected chi connectivity index (χ0v) is 15.6. The second-order valence-electron chi connectivity index (χ2n) is 6.68. The van der Waals surface area contributed by atoms with Gasteiger partial charge in [-0.15, -0.1) is 0 Å². The van der Waals surface area contributed by atoms with Gasteiger partial charge < -0.3 is 5.32 Å². The summed E-state index contributed by atoms with van der Waals surface area (Å²) >= 11 is 6.24. The zero-order chi connectivity index (χ0) is 19.1. The summed E-state index contributed by atoms with van der Waals surface area (Å²) in [5.74, 6) is -0.135. The Morgan fingerprint density at radius 1 is 0.857 bits per heavy atom. The highest BCUT2D eigenvalue weighted by atomic mass is 35.5. The van der Waals surface area contributed by atoms with E-state index in [2.05, 4.69) is 16.4 Å². The normalized spacial score (nSPS) is 14.7. The largest absolute Gasteiger partial charge is 0.321 e. The second kappa shape index (κ2) is 6.63. The maximum absolute atomic E-state index is 13.0. The van der Waals surface area contributed by atoms with Crippen molar-refractivity contribution in [2.24, 2.45) is 0 Å². The number of amides is 1. The molecule has 5 rings (SSSR count). The molecule has 3 aromatic carbocycles. The molecule has 0 unspecified atom stereocenters.